The van der Waals surface area contributed by atoms with E-state index in [9.17, 15) is 14.7 Å². The van der Waals surface area contributed by atoms with Crippen LogP contribution in [0.4, 0.5) is 0 Å². The SMILES string of the molecule is CC(NC(=O)c1ncc(-c2ccc3c(c2)OCCO3)cc1O)C(N)=O. The van der Waals surface area contributed by atoms with Crippen molar-refractivity contribution in [3.63, 3.8) is 0 Å². The molecule has 4 N–H and O–H groups in total. The normalized spacial score (nSPS) is 13.8. The average molecular weight is 343 g/mol. The van der Waals surface area contributed by atoms with Gasteiger partial charge in [-0.05, 0) is 30.7 Å². The highest BCUT2D eigenvalue weighted by Crippen LogP contribution is 2.35. The number of nitrogens with one attached hydrogen (secondary N) is 1. The van der Waals surface area contributed by atoms with Gasteiger partial charge in [-0.3, -0.25) is 9.59 Å². The Bertz CT molecular complexity index is 837. The molecule has 25 heavy (non-hydrogen) atoms. The van der Waals surface area contributed by atoms with Crippen LogP contribution in [0.5, 0.6) is 17.2 Å². The van der Waals surface area contributed by atoms with Gasteiger partial charge in [-0.1, -0.05) is 6.07 Å². The molecule has 0 fully saturated rings. The lowest BCUT2D eigenvalue weighted by Crippen LogP contribution is -2.42. The largest absolute Gasteiger partial charge is 0.505 e. The third kappa shape index (κ3) is 3.47. The van der Waals surface area contributed by atoms with E-state index in [4.69, 9.17) is 15.2 Å². The number of amides is 2. The number of carbonyl (C=O) groups excluding carboxylic acids is 2. The van der Waals surface area contributed by atoms with Crippen LogP contribution in [-0.2, 0) is 4.79 Å². The maximum absolute atomic E-state index is 12.0. The van der Waals surface area contributed by atoms with Crippen molar-refractivity contribution < 1.29 is 24.2 Å². The highest BCUT2D eigenvalue weighted by atomic mass is 16.6. The second kappa shape index (κ2) is 6.68. The zero-order valence-electron chi connectivity index (χ0n) is 13.5. The quantitative estimate of drug-likeness (QED) is 0.755. The molecule has 1 atom stereocenters. The molecule has 1 unspecified atom stereocenters. The van der Waals surface area contributed by atoms with Crippen molar-refractivity contribution in [2.45, 2.75) is 13.0 Å². The van der Waals surface area contributed by atoms with Gasteiger partial charge in [0.2, 0.25) is 5.91 Å². The van der Waals surface area contributed by atoms with Gasteiger partial charge in [-0.15, -0.1) is 0 Å². The predicted molar refractivity (Wildman–Crippen MR) is 88.5 cm³/mol. The Labute approximate surface area is 143 Å². The molecule has 1 aliphatic rings. The number of fused-ring (bicyclic) bond motifs is 1. The fourth-order valence-electron chi connectivity index (χ4n) is 2.35. The van der Waals surface area contributed by atoms with E-state index >= 15 is 0 Å². The Morgan fingerprint density at radius 3 is 2.60 bits per heavy atom. The smallest absolute Gasteiger partial charge is 0.274 e. The summed E-state index contributed by atoms with van der Waals surface area (Å²) in [4.78, 5) is 27.0. The van der Waals surface area contributed by atoms with Gasteiger partial charge >= 0.3 is 0 Å². The number of benzene rings is 1. The highest BCUT2D eigenvalue weighted by Gasteiger charge is 2.19. The Morgan fingerprint density at radius 1 is 1.20 bits per heavy atom. The number of hydrogen-bond donors (Lipinski definition) is 3. The Kier molecular flexibility index (Phi) is 4.42. The van der Waals surface area contributed by atoms with E-state index < -0.39 is 17.9 Å². The number of carbonyl (C=O) groups is 2. The molecule has 2 amide bonds. The van der Waals surface area contributed by atoms with Crippen molar-refractivity contribution >= 4 is 11.8 Å². The van der Waals surface area contributed by atoms with Gasteiger partial charge in [0.05, 0.1) is 0 Å². The van der Waals surface area contributed by atoms with Gasteiger partial charge in [0.15, 0.2) is 17.2 Å². The van der Waals surface area contributed by atoms with Gasteiger partial charge in [-0.2, -0.15) is 0 Å². The maximum atomic E-state index is 12.0. The van der Waals surface area contributed by atoms with E-state index in [0.717, 1.165) is 5.56 Å². The highest BCUT2D eigenvalue weighted by molar-refractivity contribution is 5.98. The number of aromatic hydroxyl groups is 1. The molecule has 0 aliphatic carbocycles. The van der Waals surface area contributed by atoms with Crippen LogP contribution in [0.1, 0.15) is 17.4 Å². The summed E-state index contributed by atoms with van der Waals surface area (Å²) < 4.78 is 11.0. The number of ether oxygens (including phenoxy) is 2. The molecule has 1 aromatic carbocycles. The van der Waals surface area contributed by atoms with Crippen LogP contribution in [0.2, 0.25) is 0 Å². The average Bonchev–Trinajstić information content (AvgIpc) is 2.60. The van der Waals surface area contributed by atoms with Gasteiger partial charge < -0.3 is 25.6 Å². The molecule has 0 spiro atoms. The molecule has 0 bridgehead atoms. The van der Waals surface area contributed by atoms with Crippen LogP contribution in [0.15, 0.2) is 30.5 Å². The zero-order chi connectivity index (χ0) is 18.0. The van der Waals surface area contributed by atoms with Crippen LogP contribution in [0.3, 0.4) is 0 Å². The molecule has 2 heterocycles. The van der Waals surface area contributed by atoms with Crippen LogP contribution < -0.4 is 20.5 Å². The molecule has 2 aromatic rings. The summed E-state index contributed by atoms with van der Waals surface area (Å²) in [5, 5.41) is 12.5. The second-order valence-electron chi connectivity index (χ2n) is 5.55. The van der Waals surface area contributed by atoms with Crippen molar-refractivity contribution in [3.05, 3.63) is 36.2 Å². The van der Waals surface area contributed by atoms with E-state index in [0.29, 0.717) is 30.3 Å². The first-order valence-corrected chi connectivity index (χ1v) is 7.65. The molecule has 1 aromatic heterocycles. The molecular weight excluding hydrogens is 326 g/mol. The van der Waals surface area contributed by atoms with E-state index in [2.05, 4.69) is 10.3 Å². The third-order valence-corrected chi connectivity index (χ3v) is 3.73. The lowest BCUT2D eigenvalue weighted by molar-refractivity contribution is -0.119. The van der Waals surface area contributed by atoms with Crippen molar-refractivity contribution in [3.8, 4) is 28.4 Å². The topological polar surface area (TPSA) is 124 Å². The fourth-order valence-corrected chi connectivity index (χ4v) is 2.35. The summed E-state index contributed by atoms with van der Waals surface area (Å²) in [5.41, 5.74) is 6.27. The minimum absolute atomic E-state index is 0.186. The lowest BCUT2D eigenvalue weighted by atomic mass is 10.1. The van der Waals surface area contributed by atoms with E-state index in [1.807, 2.05) is 0 Å². The van der Waals surface area contributed by atoms with Gasteiger partial charge in [0, 0.05) is 11.8 Å². The number of aromatic nitrogens is 1. The summed E-state index contributed by atoms with van der Waals surface area (Å²) in [6.45, 7) is 2.42. The van der Waals surface area contributed by atoms with Crippen molar-refractivity contribution in [1.29, 1.82) is 0 Å². The molecule has 8 heteroatoms. The number of nitrogens with zero attached hydrogens (tertiary/aromatic N) is 1. The molecule has 3 rings (SSSR count). The Morgan fingerprint density at radius 2 is 1.92 bits per heavy atom. The minimum atomic E-state index is -0.869. The van der Waals surface area contributed by atoms with Crippen LogP contribution in [-0.4, -0.2) is 41.2 Å². The summed E-state index contributed by atoms with van der Waals surface area (Å²) in [5.74, 6) is -0.399. The van der Waals surface area contributed by atoms with Crippen LogP contribution >= 0.6 is 0 Å². The monoisotopic (exact) mass is 343 g/mol. The summed E-state index contributed by atoms with van der Waals surface area (Å²) in [6, 6.07) is 5.91. The minimum Gasteiger partial charge on any atom is -0.505 e. The third-order valence-electron chi connectivity index (χ3n) is 3.73. The van der Waals surface area contributed by atoms with Gasteiger partial charge in [-0.25, -0.2) is 4.98 Å². The lowest BCUT2D eigenvalue weighted by Gasteiger charge is -2.19. The summed E-state index contributed by atoms with van der Waals surface area (Å²) in [7, 11) is 0. The zero-order valence-corrected chi connectivity index (χ0v) is 13.5. The van der Waals surface area contributed by atoms with Crippen molar-refractivity contribution in [2.75, 3.05) is 13.2 Å². The number of hydrogen-bond acceptors (Lipinski definition) is 6. The fraction of sp³-hybridized carbons (Fsp3) is 0.235. The first kappa shape index (κ1) is 16.6. The second-order valence-corrected chi connectivity index (χ2v) is 5.55. The first-order chi connectivity index (χ1) is 12.0. The maximum Gasteiger partial charge on any atom is 0.274 e. The van der Waals surface area contributed by atoms with Crippen LogP contribution in [0.25, 0.3) is 11.1 Å². The van der Waals surface area contributed by atoms with E-state index in [1.165, 1.54) is 19.2 Å². The molecular formula is C17H17N3O5. The number of primary amides is 1. The molecule has 0 saturated heterocycles. The molecule has 130 valence electrons. The van der Waals surface area contributed by atoms with Gasteiger partial charge in [0.25, 0.3) is 5.91 Å². The predicted octanol–water partition coefficient (Wildman–Crippen LogP) is 0.829. The number of rotatable bonds is 4. The number of nitrogens with two attached hydrogens (primary N) is 1. The summed E-state index contributed by atoms with van der Waals surface area (Å²) in [6.07, 6.45) is 1.45. The molecule has 0 radical (unpaired) electrons. The number of pyridine rings is 1. The Balaban J connectivity index is 1.84. The Hall–Kier alpha value is -3.29. The van der Waals surface area contributed by atoms with Gasteiger partial charge in [0.1, 0.15) is 25.0 Å². The molecule has 0 saturated carbocycles. The van der Waals surface area contributed by atoms with Crippen molar-refractivity contribution in [1.82, 2.24) is 10.3 Å². The molecule has 8 nitrogen and oxygen atoms in total. The van der Waals surface area contributed by atoms with E-state index in [-0.39, 0.29) is 11.4 Å². The standard InChI is InChI=1S/C17H17N3O5/c1-9(16(18)22)20-17(23)15-12(21)6-11(8-19-15)10-2-3-13-14(7-10)25-5-4-24-13/h2-3,6-9,21H,4-5H2,1H3,(H2,18,22)(H,20,23). The summed E-state index contributed by atoms with van der Waals surface area (Å²) >= 11 is 0. The van der Waals surface area contributed by atoms with Crippen molar-refractivity contribution in [2.24, 2.45) is 5.73 Å². The van der Waals surface area contributed by atoms with E-state index in [1.54, 1.807) is 18.2 Å². The van der Waals surface area contributed by atoms with Crippen LogP contribution in [0, 0.1) is 0 Å². The first-order valence-electron chi connectivity index (χ1n) is 7.65. The molecule has 1 aliphatic heterocycles.